The Bertz CT molecular complexity index is 809. The molecule has 5 nitrogen and oxygen atoms in total. The predicted octanol–water partition coefficient (Wildman–Crippen LogP) is 3.53. The van der Waals surface area contributed by atoms with E-state index in [0.717, 1.165) is 49.4 Å². The molecule has 0 atom stereocenters. The minimum atomic E-state index is -4.40. The molecule has 0 aliphatic carbocycles. The van der Waals surface area contributed by atoms with E-state index in [1.54, 1.807) is 13.2 Å². The van der Waals surface area contributed by atoms with Crippen molar-refractivity contribution in [2.24, 2.45) is 5.41 Å². The van der Waals surface area contributed by atoms with E-state index in [4.69, 9.17) is 4.42 Å². The summed E-state index contributed by atoms with van der Waals surface area (Å²) >= 11 is 1.49. The van der Waals surface area contributed by atoms with Crippen molar-refractivity contribution in [1.29, 1.82) is 0 Å². The van der Waals surface area contributed by atoms with E-state index in [-0.39, 0.29) is 0 Å². The Balaban J connectivity index is 1.27. The monoisotopic (exact) mass is 384 g/mol. The van der Waals surface area contributed by atoms with Gasteiger partial charge in [0.25, 0.3) is 0 Å². The summed E-state index contributed by atoms with van der Waals surface area (Å²) in [7, 11) is 0. The van der Waals surface area contributed by atoms with Crippen molar-refractivity contribution in [2.75, 3.05) is 26.2 Å². The molecule has 0 aromatic carbocycles. The maximum absolute atomic E-state index is 12.7. The molecule has 0 N–H and O–H groups in total. The summed E-state index contributed by atoms with van der Waals surface area (Å²) in [6.07, 6.45) is -2.70. The summed E-state index contributed by atoms with van der Waals surface area (Å²) in [5.74, 6) is 0.682. The van der Waals surface area contributed by atoms with Gasteiger partial charge in [-0.15, -0.1) is 0 Å². The molecule has 26 heavy (non-hydrogen) atoms. The van der Waals surface area contributed by atoms with E-state index >= 15 is 0 Å². The van der Waals surface area contributed by atoms with Gasteiger partial charge in [-0.3, -0.25) is 4.90 Å². The zero-order valence-electron chi connectivity index (χ0n) is 14.5. The first-order valence-corrected chi connectivity index (χ1v) is 9.11. The molecule has 0 radical (unpaired) electrons. The van der Waals surface area contributed by atoms with Gasteiger partial charge in [0.05, 0.1) is 11.4 Å². The summed E-state index contributed by atoms with van der Waals surface area (Å²) in [6.45, 7) is 8.16. The quantitative estimate of drug-likeness (QED) is 0.752. The highest BCUT2D eigenvalue weighted by atomic mass is 32.2. The summed E-state index contributed by atoms with van der Waals surface area (Å²) in [4.78, 5) is 11.1. The first-order valence-electron chi connectivity index (χ1n) is 8.34. The molecule has 2 fully saturated rings. The van der Waals surface area contributed by atoms with Crippen LogP contribution in [-0.2, 0) is 12.7 Å². The maximum atomic E-state index is 12.7. The second-order valence-electron chi connectivity index (χ2n) is 7.17. The number of alkyl halides is 3. The van der Waals surface area contributed by atoms with Crippen LogP contribution in [0.5, 0.6) is 0 Å². The molecular formula is C17H19F3N4OS. The van der Waals surface area contributed by atoms with Crippen molar-refractivity contribution < 1.29 is 17.6 Å². The second kappa shape index (κ2) is 6.24. The lowest BCUT2D eigenvalue weighted by Gasteiger charge is -2.59. The van der Waals surface area contributed by atoms with Crippen LogP contribution < -0.4 is 0 Å². The number of aromatic nitrogens is 2. The molecule has 0 saturated carbocycles. The topological polar surface area (TPSA) is 45.4 Å². The van der Waals surface area contributed by atoms with Crippen molar-refractivity contribution in [3.05, 3.63) is 41.4 Å². The van der Waals surface area contributed by atoms with Crippen LogP contribution in [0.4, 0.5) is 13.2 Å². The summed E-state index contributed by atoms with van der Waals surface area (Å²) < 4.78 is 45.5. The van der Waals surface area contributed by atoms with Gasteiger partial charge < -0.3 is 4.42 Å². The van der Waals surface area contributed by atoms with E-state index in [2.05, 4.69) is 19.2 Å². The lowest BCUT2D eigenvalue weighted by atomic mass is 9.74. The zero-order valence-corrected chi connectivity index (χ0v) is 15.3. The molecule has 2 aliphatic rings. The Labute approximate surface area is 153 Å². The number of oxazole rings is 1. The molecule has 4 heterocycles. The van der Waals surface area contributed by atoms with E-state index in [0.29, 0.717) is 17.0 Å². The van der Waals surface area contributed by atoms with Crippen molar-refractivity contribution in [2.45, 2.75) is 31.5 Å². The van der Waals surface area contributed by atoms with Gasteiger partial charge in [-0.1, -0.05) is 0 Å². The van der Waals surface area contributed by atoms with Crippen LogP contribution in [0.15, 0.2) is 27.7 Å². The minimum Gasteiger partial charge on any atom is -0.449 e. The third kappa shape index (κ3) is 3.47. The summed E-state index contributed by atoms with van der Waals surface area (Å²) in [5, 5.41) is 0. The molecule has 0 bridgehead atoms. The van der Waals surface area contributed by atoms with Gasteiger partial charge in [-0.2, -0.15) is 13.2 Å². The lowest BCUT2D eigenvalue weighted by molar-refractivity contribution is -0.141. The van der Waals surface area contributed by atoms with Crippen LogP contribution >= 0.6 is 11.9 Å². The Morgan fingerprint density at radius 1 is 1.15 bits per heavy atom. The molecule has 1 spiro atoms. The van der Waals surface area contributed by atoms with E-state index < -0.39 is 11.9 Å². The second-order valence-corrected chi connectivity index (χ2v) is 8.31. The molecule has 2 aromatic heterocycles. The van der Waals surface area contributed by atoms with Gasteiger partial charge in [0.1, 0.15) is 12.0 Å². The predicted molar refractivity (Wildman–Crippen MR) is 90.4 cm³/mol. The van der Waals surface area contributed by atoms with Crippen LogP contribution in [0.25, 0.3) is 0 Å². The van der Waals surface area contributed by atoms with Crippen LogP contribution in [0, 0.1) is 19.3 Å². The first kappa shape index (κ1) is 17.8. The number of rotatable bonds is 4. The Kier molecular flexibility index (Phi) is 4.28. The number of likely N-dealkylation sites (tertiary alicyclic amines) is 1. The molecule has 4 rings (SSSR count). The molecule has 2 aliphatic heterocycles. The van der Waals surface area contributed by atoms with Crippen molar-refractivity contribution in [1.82, 2.24) is 19.2 Å². The van der Waals surface area contributed by atoms with Crippen molar-refractivity contribution in [3.63, 3.8) is 0 Å². The summed E-state index contributed by atoms with van der Waals surface area (Å²) in [5.41, 5.74) is 0.841. The number of halogens is 3. The summed E-state index contributed by atoms with van der Waals surface area (Å²) in [6, 6.07) is 2.57. The Morgan fingerprint density at radius 2 is 1.88 bits per heavy atom. The molecule has 0 unspecified atom stereocenters. The normalized spacial score (nSPS) is 20.2. The van der Waals surface area contributed by atoms with Crippen LogP contribution in [0.3, 0.4) is 0 Å². The van der Waals surface area contributed by atoms with Gasteiger partial charge in [0.2, 0.25) is 0 Å². The van der Waals surface area contributed by atoms with Crippen LogP contribution in [0.1, 0.15) is 23.0 Å². The highest BCUT2D eigenvalue weighted by Gasteiger charge is 2.52. The first-order chi connectivity index (χ1) is 12.2. The van der Waals surface area contributed by atoms with Gasteiger partial charge in [-0.25, -0.2) is 14.3 Å². The molecule has 9 heteroatoms. The van der Waals surface area contributed by atoms with Gasteiger partial charge in [0.15, 0.2) is 5.89 Å². The van der Waals surface area contributed by atoms with Gasteiger partial charge >= 0.3 is 6.18 Å². The molecule has 140 valence electrons. The number of hydrogen-bond donors (Lipinski definition) is 0. The molecule has 2 aromatic rings. The lowest BCUT2D eigenvalue weighted by Crippen LogP contribution is -2.70. The highest BCUT2D eigenvalue weighted by Crippen LogP contribution is 2.45. The molecule has 2 saturated heterocycles. The number of nitrogens with zero attached hydrogens (tertiary/aromatic N) is 4. The van der Waals surface area contributed by atoms with Crippen molar-refractivity contribution in [3.8, 4) is 0 Å². The highest BCUT2D eigenvalue weighted by molar-refractivity contribution is 7.97. The molecular weight excluding hydrogens is 365 g/mol. The largest absolute Gasteiger partial charge is 0.449 e. The third-order valence-electron chi connectivity index (χ3n) is 4.75. The van der Waals surface area contributed by atoms with E-state index in [9.17, 15) is 13.2 Å². The number of aryl methyl sites for hydroxylation is 2. The zero-order chi connectivity index (χ0) is 18.5. The van der Waals surface area contributed by atoms with Gasteiger partial charge in [-0.05, 0) is 31.0 Å². The fourth-order valence-electron chi connectivity index (χ4n) is 3.63. The van der Waals surface area contributed by atoms with E-state index in [1.165, 1.54) is 18.0 Å². The maximum Gasteiger partial charge on any atom is 0.433 e. The average Bonchev–Trinajstić information content (AvgIpc) is 2.88. The van der Waals surface area contributed by atoms with Crippen LogP contribution in [0.2, 0.25) is 0 Å². The Hall–Kier alpha value is -1.58. The van der Waals surface area contributed by atoms with Crippen LogP contribution in [-0.4, -0.2) is 45.4 Å². The standard InChI is InChI=1S/C17H19F3N4OS/c1-11-14(3-4-15(21-11)17(18,19)20)26-24-9-16(10-24)7-23(8-16)5-13-6-25-12(2)22-13/h3-4,6H,5,7-10H2,1-2H3. The van der Waals surface area contributed by atoms with Gasteiger partial charge in [0, 0.05) is 50.0 Å². The fraction of sp³-hybridized carbons (Fsp3) is 0.529. The van der Waals surface area contributed by atoms with E-state index in [1.807, 2.05) is 6.92 Å². The average molecular weight is 384 g/mol. The number of hydrogen-bond acceptors (Lipinski definition) is 6. The fourth-order valence-corrected chi connectivity index (χ4v) is 4.89. The smallest absolute Gasteiger partial charge is 0.433 e. The SMILES string of the molecule is Cc1nc(CN2CC3(C2)CN(Sc2ccc(C(F)(F)F)nc2C)C3)co1. The minimum absolute atomic E-state index is 0.305. The Morgan fingerprint density at radius 3 is 2.46 bits per heavy atom. The number of pyridine rings is 1. The van der Waals surface area contributed by atoms with Crippen molar-refractivity contribution >= 4 is 11.9 Å². The molecule has 0 amide bonds. The third-order valence-corrected chi connectivity index (χ3v) is 5.89.